The van der Waals surface area contributed by atoms with Gasteiger partial charge in [-0.25, -0.2) is 13.2 Å². The Balaban J connectivity index is 1.67. The van der Waals surface area contributed by atoms with Crippen molar-refractivity contribution in [2.24, 2.45) is 0 Å². The molecule has 0 amide bonds. The molecule has 0 radical (unpaired) electrons. The van der Waals surface area contributed by atoms with Crippen LogP contribution in [0.1, 0.15) is 34.6 Å². The lowest BCUT2D eigenvalue weighted by Gasteiger charge is -2.16. The molecule has 1 unspecified atom stereocenters. The van der Waals surface area contributed by atoms with Crippen LogP contribution in [0, 0.1) is 29.1 Å². The van der Waals surface area contributed by atoms with Gasteiger partial charge in [-0.1, -0.05) is 23.7 Å². The molecule has 0 saturated carbocycles. The first-order chi connectivity index (χ1) is 16.2. The van der Waals surface area contributed by atoms with E-state index in [0.717, 1.165) is 24.3 Å². The van der Waals surface area contributed by atoms with Crippen molar-refractivity contribution in [1.82, 2.24) is 0 Å². The summed E-state index contributed by atoms with van der Waals surface area (Å²) in [7, 11) is -5.03. The molecule has 3 aromatic carbocycles. The molecule has 13 heteroatoms. The minimum Gasteiger partial charge on any atom is -0.372 e. The van der Waals surface area contributed by atoms with Gasteiger partial charge in [-0.3, -0.25) is 0 Å². The molecular formula is C22H11ClF8O3S. The predicted octanol–water partition coefficient (Wildman–Crippen LogP) is 6.90. The van der Waals surface area contributed by atoms with E-state index in [-0.39, 0.29) is 11.4 Å². The number of hydrogen-bond acceptors (Lipinski definition) is 3. The van der Waals surface area contributed by atoms with Gasteiger partial charge in [-0.2, -0.15) is 30.4 Å². The third-order valence-electron chi connectivity index (χ3n) is 5.55. The monoisotopic (exact) mass is 542 g/mol. The third kappa shape index (κ3) is 4.44. The molecule has 4 rings (SSSR count). The van der Waals surface area contributed by atoms with Gasteiger partial charge in [-0.05, 0) is 53.8 Å². The van der Waals surface area contributed by atoms with E-state index >= 15 is 0 Å². The van der Waals surface area contributed by atoms with E-state index in [1.807, 2.05) is 0 Å². The highest BCUT2D eigenvalue weighted by Gasteiger charge is 2.34. The average molecular weight is 543 g/mol. The van der Waals surface area contributed by atoms with Crippen LogP contribution >= 0.6 is 11.6 Å². The Labute approximate surface area is 198 Å². The number of benzene rings is 3. The molecule has 0 fully saturated rings. The summed E-state index contributed by atoms with van der Waals surface area (Å²) in [6, 6.07) is 6.27. The van der Waals surface area contributed by atoms with Crippen molar-refractivity contribution < 1.29 is 47.7 Å². The van der Waals surface area contributed by atoms with Crippen LogP contribution in [0.2, 0.25) is 5.02 Å². The van der Waals surface area contributed by atoms with E-state index in [1.54, 1.807) is 0 Å². The van der Waals surface area contributed by atoms with Crippen molar-refractivity contribution in [3.05, 3.63) is 92.8 Å². The maximum atomic E-state index is 13.9. The Morgan fingerprint density at radius 2 is 1.40 bits per heavy atom. The zero-order valence-electron chi connectivity index (χ0n) is 17.0. The Morgan fingerprint density at radius 3 is 1.97 bits per heavy atom. The summed E-state index contributed by atoms with van der Waals surface area (Å²) >= 11 is 6.07. The first-order valence-electron chi connectivity index (χ1n) is 9.67. The van der Waals surface area contributed by atoms with Crippen molar-refractivity contribution in [1.29, 1.82) is 0 Å². The van der Waals surface area contributed by atoms with Crippen molar-refractivity contribution in [3.63, 3.8) is 0 Å². The zero-order chi connectivity index (χ0) is 25.9. The van der Waals surface area contributed by atoms with Crippen LogP contribution in [-0.4, -0.2) is 8.42 Å². The topological polar surface area (TPSA) is 43.4 Å². The van der Waals surface area contributed by atoms with Gasteiger partial charge in [0, 0.05) is 10.9 Å². The van der Waals surface area contributed by atoms with E-state index in [2.05, 4.69) is 4.18 Å². The van der Waals surface area contributed by atoms with E-state index in [4.69, 9.17) is 11.6 Å². The lowest BCUT2D eigenvalue weighted by atomic mass is 9.92. The molecule has 186 valence electrons. The minimum atomic E-state index is -5.03. The molecule has 35 heavy (non-hydrogen) atoms. The highest BCUT2D eigenvalue weighted by Crippen LogP contribution is 2.43. The van der Waals surface area contributed by atoms with Gasteiger partial charge in [-0.15, -0.1) is 0 Å². The SMILES string of the molecule is O=S(=O)(Oc1c(F)c(F)c(F)c(F)c1F)c1ccc2c(c1)CCC2c1ccc(C(F)(F)F)cc1Cl. The van der Waals surface area contributed by atoms with Crippen LogP contribution in [0.4, 0.5) is 35.1 Å². The van der Waals surface area contributed by atoms with Crippen molar-refractivity contribution in [2.75, 3.05) is 0 Å². The van der Waals surface area contributed by atoms with Crippen LogP contribution in [0.25, 0.3) is 0 Å². The maximum Gasteiger partial charge on any atom is 0.416 e. The highest BCUT2D eigenvalue weighted by molar-refractivity contribution is 7.87. The molecule has 3 nitrogen and oxygen atoms in total. The Bertz CT molecular complexity index is 1430. The largest absolute Gasteiger partial charge is 0.416 e. The fraction of sp³-hybridized carbons (Fsp3) is 0.182. The van der Waals surface area contributed by atoms with Crippen LogP contribution < -0.4 is 4.18 Å². The van der Waals surface area contributed by atoms with Gasteiger partial charge < -0.3 is 4.18 Å². The van der Waals surface area contributed by atoms with E-state index in [9.17, 15) is 43.5 Å². The second kappa shape index (κ2) is 8.66. The summed E-state index contributed by atoms with van der Waals surface area (Å²) in [6.07, 6.45) is -3.96. The molecule has 1 aliphatic rings. The van der Waals surface area contributed by atoms with E-state index in [1.165, 1.54) is 12.1 Å². The molecule has 1 atom stereocenters. The molecule has 0 N–H and O–H groups in total. The second-order valence-electron chi connectivity index (χ2n) is 7.62. The quantitative estimate of drug-likeness (QED) is 0.156. The summed E-state index contributed by atoms with van der Waals surface area (Å²) in [4.78, 5) is -0.626. The van der Waals surface area contributed by atoms with Gasteiger partial charge in [0.15, 0.2) is 0 Å². The normalized spacial score (nSPS) is 15.9. The number of halogens is 9. The summed E-state index contributed by atoms with van der Waals surface area (Å²) in [6.45, 7) is 0. The molecule has 0 spiro atoms. The van der Waals surface area contributed by atoms with Gasteiger partial charge >= 0.3 is 16.3 Å². The summed E-state index contributed by atoms with van der Waals surface area (Å²) in [5, 5.41) is -0.135. The van der Waals surface area contributed by atoms with E-state index < -0.39 is 67.5 Å². The first kappa shape index (κ1) is 25.2. The zero-order valence-corrected chi connectivity index (χ0v) is 18.6. The molecule has 0 saturated heterocycles. The lowest BCUT2D eigenvalue weighted by Crippen LogP contribution is -2.14. The number of aryl methyl sites for hydroxylation is 1. The van der Waals surface area contributed by atoms with Gasteiger partial charge in [0.25, 0.3) is 0 Å². The van der Waals surface area contributed by atoms with Gasteiger partial charge in [0.2, 0.25) is 34.8 Å². The average Bonchev–Trinajstić information content (AvgIpc) is 3.22. The van der Waals surface area contributed by atoms with Crippen molar-refractivity contribution in [3.8, 4) is 5.75 Å². The van der Waals surface area contributed by atoms with Crippen LogP contribution in [0.3, 0.4) is 0 Å². The van der Waals surface area contributed by atoms with Crippen LogP contribution in [0.5, 0.6) is 5.75 Å². The summed E-state index contributed by atoms with van der Waals surface area (Å²) < 4.78 is 136. The first-order valence-corrected chi connectivity index (χ1v) is 11.5. The smallest absolute Gasteiger partial charge is 0.372 e. The molecule has 1 aliphatic carbocycles. The van der Waals surface area contributed by atoms with Crippen molar-refractivity contribution in [2.45, 2.75) is 29.8 Å². The Hall–Kier alpha value is -2.86. The number of fused-ring (bicyclic) bond motifs is 1. The second-order valence-corrected chi connectivity index (χ2v) is 9.58. The fourth-order valence-electron chi connectivity index (χ4n) is 3.87. The Kier molecular flexibility index (Phi) is 6.25. The summed E-state index contributed by atoms with van der Waals surface area (Å²) in [5.74, 6) is -14.6. The van der Waals surface area contributed by atoms with Crippen LogP contribution in [-0.2, 0) is 22.7 Å². The van der Waals surface area contributed by atoms with Crippen molar-refractivity contribution >= 4 is 21.7 Å². The van der Waals surface area contributed by atoms with Gasteiger partial charge in [0.1, 0.15) is 4.90 Å². The Morgan fingerprint density at radius 1 is 0.829 bits per heavy atom. The van der Waals surface area contributed by atoms with E-state index in [0.29, 0.717) is 23.1 Å². The molecule has 0 aliphatic heterocycles. The number of hydrogen-bond donors (Lipinski definition) is 0. The molecule has 0 heterocycles. The molecule has 3 aromatic rings. The number of alkyl halides is 3. The third-order valence-corrected chi connectivity index (χ3v) is 7.09. The lowest BCUT2D eigenvalue weighted by molar-refractivity contribution is -0.137. The molecule has 0 aromatic heterocycles. The number of rotatable bonds is 4. The molecular weight excluding hydrogens is 532 g/mol. The summed E-state index contributed by atoms with van der Waals surface area (Å²) in [5.41, 5.74) is 0.415. The van der Waals surface area contributed by atoms with Crippen LogP contribution in [0.15, 0.2) is 41.3 Å². The highest BCUT2D eigenvalue weighted by atomic mass is 35.5. The molecule has 0 bridgehead atoms. The minimum absolute atomic E-state index is 0.135. The van der Waals surface area contributed by atoms with Gasteiger partial charge in [0.05, 0.1) is 5.56 Å². The predicted molar refractivity (Wildman–Crippen MR) is 107 cm³/mol. The maximum absolute atomic E-state index is 13.9. The fourth-order valence-corrected chi connectivity index (χ4v) is 5.17. The standard InChI is InChI=1S/C22H11ClF8O3S/c23-15-8-10(22(29,30)31)2-5-14(15)13-4-1-9-7-11(3-6-12(9)13)35(32,33)34-21-19(27)17(25)16(24)18(26)20(21)28/h2-3,5-8,13H,1,4H2.